The second kappa shape index (κ2) is 9.28. The molecule has 0 radical (unpaired) electrons. The van der Waals surface area contributed by atoms with Crippen LogP contribution in [0.25, 0.3) is 6.08 Å². The van der Waals surface area contributed by atoms with Gasteiger partial charge in [-0.2, -0.15) is 0 Å². The summed E-state index contributed by atoms with van der Waals surface area (Å²) >= 11 is 0. The third kappa shape index (κ3) is 6.31. The number of benzene rings is 2. The smallest absolute Gasteiger partial charge is 0.330 e. The SMILES string of the molecule is COC(=O)C=Cc1ccccc1.O=Cc1ccccc1. The number of hydrogen-bond donors (Lipinski definition) is 0. The number of carbonyl (C=O) groups excluding carboxylic acids is 2. The maximum absolute atomic E-state index is 10.7. The summed E-state index contributed by atoms with van der Waals surface area (Å²) in [5, 5.41) is 0. The van der Waals surface area contributed by atoms with Crippen molar-refractivity contribution < 1.29 is 14.3 Å². The van der Waals surface area contributed by atoms with E-state index in [1.165, 1.54) is 13.2 Å². The summed E-state index contributed by atoms with van der Waals surface area (Å²) in [5.74, 6) is -0.334. The molecule has 0 aliphatic heterocycles. The number of ether oxygens (including phenoxy) is 1. The highest BCUT2D eigenvalue weighted by Gasteiger charge is 1.89. The van der Waals surface area contributed by atoms with Crippen molar-refractivity contribution in [3.63, 3.8) is 0 Å². The van der Waals surface area contributed by atoms with E-state index < -0.39 is 0 Å². The van der Waals surface area contributed by atoms with Crippen LogP contribution in [0.4, 0.5) is 0 Å². The van der Waals surface area contributed by atoms with Gasteiger partial charge in [0.05, 0.1) is 7.11 Å². The van der Waals surface area contributed by atoms with Crippen molar-refractivity contribution >= 4 is 18.3 Å². The van der Waals surface area contributed by atoms with Gasteiger partial charge in [-0.25, -0.2) is 4.79 Å². The average molecular weight is 268 g/mol. The van der Waals surface area contributed by atoms with E-state index >= 15 is 0 Å². The lowest BCUT2D eigenvalue weighted by atomic mass is 10.2. The number of rotatable bonds is 3. The number of esters is 1. The first kappa shape index (κ1) is 15.4. The van der Waals surface area contributed by atoms with Crippen LogP contribution in [0.5, 0.6) is 0 Å². The Kier molecular flexibility index (Phi) is 7.13. The van der Waals surface area contributed by atoms with Crippen molar-refractivity contribution in [2.75, 3.05) is 7.11 Å². The fraction of sp³-hybridized carbons (Fsp3) is 0.0588. The molecule has 0 fully saturated rings. The molecule has 2 aromatic rings. The normalized spacial score (nSPS) is 9.45. The van der Waals surface area contributed by atoms with Gasteiger partial charge in [0.25, 0.3) is 0 Å². The second-order valence-corrected chi connectivity index (χ2v) is 3.80. The first-order valence-corrected chi connectivity index (χ1v) is 6.07. The van der Waals surface area contributed by atoms with E-state index in [9.17, 15) is 9.59 Å². The molecule has 0 aliphatic carbocycles. The fourth-order valence-electron chi connectivity index (χ4n) is 1.33. The van der Waals surface area contributed by atoms with Gasteiger partial charge < -0.3 is 4.74 Å². The summed E-state index contributed by atoms with van der Waals surface area (Å²) in [4.78, 5) is 20.7. The highest BCUT2D eigenvalue weighted by atomic mass is 16.5. The van der Waals surface area contributed by atoms with Crippen molar-refractivity contribution in [2.45, 2.75) is 0 Å². The Bertz CT molecular complexity index is 545. The van der Waals surface area contributed by atoms with Crippen LogP contribution < -0.4 is 0 Å². The molecule has 0 spiro atoms. The second-order valence-electron chi connectivity index (χ2n) is 3.80. The summed E-state index contributed by atoms with van der Waals surface area (Å²) < 4.78 is 4.45. The van der Waals surface area contributed by atoms with E-state index in [0.29, 0.717) is 0 Å². The highest BCUT2D eigenvalue weighted by molar-refractivity contribution is 5.86. The van der Waals surface area contributed by atoms with Crippen molar-refractivity contribution in [3.05, 3.63) is 77.9 Å². The molecular weight excluding hydrogens is 252 g/mol. The first-order chi connectivity index (χ1) is 9.76. The first-order valence-electron chi connectivity index (χ1n) is 6.07. The van der Waals surface area contributed by atoms with Crippen LogP contribution in [0, 0.1) is 0 Å². The summed E-state index contributed by atoms with van der Waals surface area (Å²) in [6, 6.07) is 18.7. The minimum absolute atomic E-state index is 0.334. The molecule has 3 nitrogen and oxygen atoms in total. The molecular formula is C17H16O3. The van der Waals surface area contributed by atoms with Gasteiger partial charge in [0, 0.05) is 11.6 Å². The van der Waals surface area contributed by atoms with Gasteiger partial charge in [-0.05, 0) is 11.6 Å². The molecule has 0 amide bonds. The van der Waals surface area contributed by atoms with Crippen LogP contribution in [0.2, 0.25) is 0 Å². The summed E-state index contributed by atoms with van der Waals surface area (Å²) in [7, 11) is 1.36. The molecule has 0 atom stereocenters. The molecule has 0 heterocycles. The molecule has 2 aromatic carbocycles. The largest absolute Gasteiger partial charge is 0.466 e. The van der Waals surface area contributed by atoms with Crippen LogP contribution in [0.1, 0.15) is 15.9 Å². The van der Waals surface area contributed by atoms with E-state index in [1.54, 1.807) is 18.2 Å². The minimum atomic E-state index is -0.334. The van der Waals surface area contributed by atoms with E-state index in [2.05, 4.69) is 4.74 Å². The molecule has 0 aliphatic rings. The quantitative estimate of drug-likeness (QED) is 0.487. The summed E-state index contributed by atoms with van der Waals surface area (Å²) in [5.41, 5.74) is 1.72. The van der Waals surface area contributed by atoms with Gasteiger partial charge in [0.1, 0.15) is 6.29 Å². The average Bonchev–Trinajstić information content (AvgIpc) is 2.55. The van der Waals surface area contributed by atoms with E-state index in [1.807, 2.05) is 48.5 Å². The Morgan fingerprint density at radius 1 is 0.900 bits per heavy atom. The Morgan fingerprint density at radius 2 is 1.40 bits per heavy atom. The standard InChI is InChI=1S/C10H10O2.C7H6O/c1-12-10(11)8-7-9-5-3-2-4-6-9;8-6-7-4-2-1-3-5-7/h2-8H,1H3;1-6H. The number of hydrogen-bond acceptors (Lipinski definition) is 3. The lowest BCUT2D eigenvalue weighted by Crippen LogP contribution is -1.92. The molecule has 3 heteroatoms. The van der Waals surface area contributed by atoms with Crippen LogP contribution >= 0.6 is 0 Å². The molecule has 102 valence electrons. The van der Waals surface area contributed by atoms with E-state index in [-0.39, 0.29) is 5.97 Å². The lowest BCUT2D eigenvalue weighted by Gasteiger charge is -1.91. The molecule has 0 saturated heterocycles. The van der Waals surface area contributed by atoms with Gasteiger partial charge in [-0.15, -0.1) is 0 Å². The van der Waals surface area contributed by atoms with Crippen LogP contribution in [0.3, 0.4) is 0 Å². The maximum atomic E-state index is 10.7. The molecule has 0 bridgehead atoms. The number of carbonyl (C=O) groups is 2. The number of methoxy groups -OCH3 is 1. The van der Waals surface area contributed by atoms with Crippen molar-refractivity contribution in [1.82, 2.24) is 0 Å². The monoisotopic (exact) mass is 268 g/mol. The summed E-state index contributed by atoms with van der Waals surface area (Å²) in [6.07, 6.45) is 3.95. The fourth-order valence-corrected chi connectivity index (χ4v) is 1.33. The van der Waals surface area contributed by atoms with Gasteiger partial charge in [0.2, 0.25) is 0 Å². The van der Waals surface area contributed by atoms with Gasteiger partial charge in [-0.1, -0.05) is 60.7 Å². The molecule has 0 N–H and O–H groups in total. The lowest BCUT2D eigenvalue weighted by molar-refractivity contribution is -0.134. The Hall–Kier alpha value is -2.68. The molecule has 0 saturated carbocycles. The molecule has 20 heavy (non-hydrogen) atoms. The zero-order valence-corrected chi connectivity index (χ0v) is 11.2. The van der Waals surface area contributed by atoms with E-state index in [4.69, 9.17) is 0 Å². The van der Waals surface area contributed by atoms with Crippen molar-refractivity contribution in [2.24, 2.45) is 0 Å². The van der Waals surface area contributed by atoms with Gasteiger partial charge in [0.15, 0.2) is 0 Å². The predicted molar refractivity (Wildman–Crippen MR) is 79.3 cm³/mol. The zero-order chi connectivity index (χ0) is 14.6. The van der Waals surface area contributed by atoms with Gasteiger partial charge in [-0.3, -0.25) is 4.79 Å². The van der Waals surface area contributed by atoms with Crippen LogP contribution in [-0.2, 0) is 9.53 Å². The van der Waals surface area contributed by atoms with Crippen LogP contribution in [0.15, 0.2) is 66.7 Å². The van der Waals surface area contributed by atoms with Crippen molar-refractivity contribution in [3.8, 4) is 0 Å². The third-order valence-electron chi connectivity index (χ3n) is 2.35. The zero-order valence-electron chi connectivity index (χ0n) is 11.2. The maximum Gasteiger partial charge on any atom is 0.330 e. The minimum Gasteiger partial charge on any atom is -0.466 e. The van der Waals surface area contributed by atoms with Crippen LogP contribution in [-0.4, -0.2) is 19.4 Å². The molecule has 2 rings (SSSR count). The Balaban J connectivity index is 0.000000217. The van der Waals surface area contributed by atoms with Crippen molar-refractivity contribution in [1.29, 1.82) is 0 Å². The molecule has 0 unspecified atom stereocenters. The topological polar surface area (TPSA) is 43.4 Å². The highest BCUT2D eigenvalue weighted by Crippen LogP contribution is 2.00. The Labute approximate surface area is 118 Å². The van der Waals surface area contributed by atoms with E-state index in [0.717, 1.165) is 17.4 Å². The summed E-state index contributed by atoms with van der Waals surface area (Å²) in [6.45, 7) is 0. The van der Waals surface area contributed by atoms with Gasteiger partial charge >= 0.3 is 5.97 Å². The third-order valence-corrected chi connectivity index (χ3v) is 2.35. The number of aldehydes is 1. The Morgan fingerprint density at radius 3 is 1.80 bits per heavy atom. The predicted octanol–water partition coefficient (Wildman–Crippen LogP) is 3.37. The molecule has 0 aromatic heterocycles.